The zero-order chi connectivity index (χ0) is 17.4. The van der Waals surface area contributed by atoms with Gasteiger partial charge in [0, 0.05) is 19.2 Å². The van der Waals surface area contributed by atoms with Crippen molar-refractivity contribution in [3.8, 4) is 6.07 Å². The molecule has 0 fully saturated rings. The number of hydrogen-bond donors (Lipinski definition) is 1. The van der Waals surface area contributed by atoms with Gasteiger partial charge < -0.3 is 10.2 Å². The first-order valence-corrected chi connectivity index (χ1v) is 8.07. The Balaban J connectivity index is 2.21. The monoisotopic (exact) mass is 323 g/mol. The SMILES string of the molecule is CCCN(CCC)c1cc(C(=O)Nc2ccccc2C#N)ncn1. The minimum absolute atomic E-state index is 0.282. The smallest absolute Gasteiger partial charge is 0.274 e. The van der Waals surface area contributed by atoms with Crippen LogP contribution in [0.5, 0.6) is 0 Å². The zero-order valence-corrected chi connectivity index (χ0v) is 14.0. The molecule has 0 radical (unpaired) electrons. The lowest BCUT2D eigenvalue weighted by Crippen LogP contribution is -2.26. The Kier molecular flexibility index (Phi) is 6.26. The van der Waals surface area contributed by atoms with Gasteiger partial charge in [0.05, 0.1) is 11.3 Å². The Morgan fingerprint density at radius 1 is 1.21 bits per heavy atom. The molecule has 1 N–H and O–H groups in total. The highest BCUT2D eigenvalue weighted by Gasteiger charge is 2.13. The molecule has 0 aliphatic carbocycles. The predicted molar refractivity (Wildman–Crippen MR) is 93.9 cm³/mol. The summed E-state index contributed by atoms with van der Waals surface area (Å²) in [6.07, 6.45) is 3.40. The average molecular weight is 323 g/mol. The Hall–Kier alpha value is -2.94. The van der Waals surface area contributed by atoms with Gasteiger partial charge in [-0.05, 0) is 25.0 Å². The van der Waals surface area contributed by atoms with E-state index in [2.05, 4.69) is 40.1 Å². The topological polar surface area (TPSA) is 81.9 Å². The van der Waals surface area contributed by atoms with E-state index in [-0.39, 0.29) is 11.6 Å². The van der Waals surface area contributed by atoms with Gasteiger partial charge in [-0.15, -0.1) is 0 Å². The van der Waals surface area contributed by atoms with Crippen LogP contribution in [0.4, 0.5) is 11.5 Å². The van der Waals surface area contributed by atoms with Crippen LogP contribution >= 0.6 is 0 Å². The number of nitrogens with one attached hydrogen (secondary N) is 1. The molecule has 6 nitrogen and oxygen atoms in total. The van der Waals surface area contributed by atoms with Crippen LogP contribution in [0.2, 0.25) is 0 Å². The largest absolute Gasteiger partial charge is 0.357 e. The fraction of sp³-hybridized carbons (Fsp3) is 0.333. The lowest BCUT2D eigenvalue weighted by atomic mass is 10.2. The Morgan fingerprint density at radius 2 is 1.92 bits per heavy atom. The first-order chi connectivity index (χ1) is 11.7. The fourth-order valence-electron chi connectivity index (χ4n) is 2.40. The van der Waals surface area contributed by atoms with E-state index in [0.29, 0.717) is 11.3 Å². The van der Waals surface area contributed by atoms with Crippen molar-refractivity contribution < 1.29 is 4.79 Å². The number of benzene rings is 1. The molecule has 1 aromatic heterocycles. The van der Waals surface area contributed by atoms with Gasteiger partial charge in [-0.2, -0.15) is 5.26 Å². The molecular weight excluding hydrogens is 302 g/mol. The number of hydrogen-bond acceptors (Lipinski definition) is 5. The van der Waals surface area contributed by atoms with Gasteiger partial charge in [0.1, 0.15) is 23.9 Å². The highest BCUT2D eigenvalue weighted by atomic mass is 16.1. The van der Waals surface area contributed by atoms with Crippen molar-refractivity contribution in [3.05, 3.63) is 47.9 Å². The third kappa shape index (κ3) is 4.29. The molecule has 0 aliphatic rings. The standard InChI is InChI=1S/C18H21N5O/c1-3-9-23(10-4-2)17-11-16(20-13-21-17)18(24)22-15-8-6-5-7-14(15)12-19/h5-8,11,13H,3-4,9-10H2,1-2H3,(H,22,24). The summed E-state index contributed by atoms with van der Waals surface area (Å²) in [6.45, 7) is 5.97. The van der Waals surface area contributed by atoms with E-state index in [1.54, 1.807) is 30.3 Å². The number of para-hydroxylation sites is 1. The molecule has 0 saturated heterocycles. The fourth-order valence-corrected chi connectivity index (χ4v) is 2.40. The third-order valence-corrected chi connectivity index (χ3v) is 3.49. The molecule has 2 aromatic rings. The average Bonchev–Trinajstić information content (AvgIpc) is 2.62. The van der Waals surface area contributed by atoms with Crippen molar-refractivity contribution in [2.75, 3.05) is 23.3 Å². The highest BCUT2D eigenvalue weighted by Crippen LogP contribution is 2.16. The number of nitriles is 1. The van der Waals surface area contributed by atoms with Gasteiger partial charge in [0.2, 0.25) is 0 Å². The van der Waals surface area contributed by atoms with Crippen LogP contribution in [0, 0.1) is 11.3 Å². The first kappa shape index (κ1) is 17.4. The second-order valence-corrected chi connectivity index (χ2v) is 5.36. The minimum atomic E-state index is -0.353. The van der Waals surface area contributed by atoms with Crippen LogP contribution in [0.3, 0.4) is 0 Å². The molecule has 0 saturated carbocycles. The number of anilines is 2. The normalized spacial score (nSPS) is 10.0. The van der Waals surface area contributed by atoms with Crippen molar-refractivity contribution in [3.63, 3.8) is 0 Å². The van der Waals surface area contributed by atoms with Crippen molar-refractivity contribution in [2.45, 2.75) is 26.7 Å². The summed E-state index contributed by atoms with van der Waals surface area (Å²) in [5.74, 6) is 0.390. The number of rotatable bonds is 7. The molecule has 6 heteroatoms. The third-order valence-electron chi connectivity index (χ3n) is 3.49. The predicted octanol–water partition coefficient (Wildman–Crippen LogP) is 3.23. The lowest BCUT2D eigenvalue weighted by Gasteiger charge is -2.22. The summed E-state index contributed by atoms with van der Waals surface area (Å²) in [4.78, 5) is 22.9. The first-order valence-electron chi connectivity index (χ1n) is 8.07. The van der Waals surface area contributed by atoms with E-state index in [9.17, 15) is 4.79 Å². The maximum absolute atomic E-state index is 12.4. The summed E-state index contributed by atoms with van der Waals surface area (Å²) in [5, 5.41) is 11.8. The number of nitrogens with zero attached hydrogens (tertiary/aromatic N) is 4. The second kappa shape index (κ2) is 8.63. The van der Waals surface area contributed by atoms with Crippen molar-refractivity contribution in [1.29, 1.82) is 5.26 Å². The molecule has 0 spiro atoms. The molecule has 0 unspecified atom stereocenters. The molecule has 2 rings (SSSR count). The van der Waals surface area contributed by atoms with Crippen LogP contribution in [-0.2, 0) is 0 Å². The molecule has 1 heterocycles. The van der Waals surface area contributed by atoms with Crippen molar-refractivity contribution in [2.24, 2.45) is 0 Å². The molecule has 124 valence electrons. The quantitative estimate of drug-likeness (QED) is 0.846. The number of aromatic nitrogens is 2. The van der Waals surface area contributed by atoms with Gasteiger partial charge in [-0.1, -0.05) is 26.0 Å². The molecular formula is C18H21N5O. The van der Waals surface area contributed by atoms with E-state index in [4.69, 9.17) is 5.26 Å². The van der Waals surface area contributed by atoms with Crippen LogP contribution in [-0.4, -0.2) is 29.0 Å². The van der Waals surface area contributed by atoms with Crippen LogP contribution < -0.4 is 10.2 Å². The van der Waals surface area contributed by atoms with E-state index < -0.39 is 0 Å². The number of amides is 1. The lowest BCUT2D eigenvalue weighted by molar-refractivity contribution is 0.102. The summed E-state index contributed by atoms with van der Waals surface area (Å²) in [6, 6.07) is 10.6. The number of carbonyl (C=O) groups is 1. The van der Waals surface area contributed by atoms with Crippen molar-refractivity contribution in [1.82, 2.24) is 9.97 Å². The Labute approximate surface area is 142 Å². The van der Waals surface area contributed by atoms with E-state index in [0.717, 1.165) is 31.7 Å². The summed E-state index contributed by atoms with van der Waals surface area (Å²) in [5.41, 5.74) is 1.17. The number of carbonyl (C=O) groups excluding carboxylic acids is 1. The molecule has 0 atom stereocenters. The van der Waals surface area contributed by atoms with Gasteiger partial charge in [0.25, 0.3) is 5.91 Å². The molecule has 0 aliphatic heterocycles. The van der Waals surface area contributed by atoms with E-state index in [1.807, 2.05) is 0 Å². The van der Waals surface area contributed by atoms with E-state index >= 15 is 0 Å². The molecule has 1 aromatic carbocycles. The molecule has 0 bridgehead atoms. The van der Waals surface area contributed by atoms with Gasteiger partial charge >= 0.3 is 0 Å². The maximum atomic E-state index is 12.4. The minimum Gasteiger partial charge on any atom is -0.357 e. The summed E-state index contributed by atoms with van der Waals surface area (Å²) in [7, 11) is 0. The molecule has 24 heavy (non-hydrogen) atoms. The Bertz CT molecular complexity index is 732. The summed E-state index contributed by atoms with van der Waals surface area (Å²) >= 11 is 0. The highest BCUT2D eigenvalue weighted by molar-refractivity contribution is 6.03. The Morgan fingerprint density at radius 3 is 2.58 bits per heavy atom. The van der Waals surface area contributed by atoms with Crippen LogP contribution in [0.1, 0.15) is 42.7 Å². The van der Waals surface area contributed by atoms with E-state index in [1.165, 1.54) is 6.33 Å². The van der Waals surface area contributed by atoms with Gasteiger partial charge in [-0.25, -0.2) is 9.97 Å². The zero-order valence-electron chi connectivity index (χ0n) is 14.0. The van der Waals surface area contributed by atoms with Gasteiger partial charge in [0.15, 0.2) is 0 Å². The van der Waals surface area contributed by atoms with Crippen molar-refractivity contribution >= 4 is 17.4 Å². The molecule has 1 amide bonds. The summed E-state index contributed by atoms with van der Waals surface area (Å²) < 4.78 is 0. The maximum Gasteiger partial charge on any atom is 0.274 e. The second-order valence-electron chi connectivity index (χ2n) is 5.36. The van der Waals surface area contributed by atoms with Gasteiger partial charge in [-0.3, -0.25) is 4.79 Å². The van der Waals surface area contributed by atoms with Crippen LogP contribution in [0.15, 0.2) is 36.7 Å². The van der Waals surface area contributed by atoms with Crippen LogP contribution in [0.25, 0.3) is 0 Å².